The summed E-state index contributed by atoms with van der Waals surface area (Å²) in [4.78, 5) is 5.07. The number of rotatable bonds is 2. The third-order valence-electron chi connectivity index (χ3n) is 6.91. The molecule has 1 aliphatic rings. The molecule has 1 saturated heterocycles. The first-order chi connectivity index (χ1) is 15.3. The van der Waals surface area contributed by atoms with Crippen LogP contribution in [-0.4, -0.2) is 23.3 Å². The first-order valence-corrected chi connectivity index (χ1v) is 11.8. The molecule has 0 radical (unpaired) electrons. The minimum atomic E-state index is -0.374. The Hall–Kier alpha value is -2.73. The van der Waals surface area contributed by atoms with Crippen LogP contribution in [0.15, 0.2) is 72.8 Å². The average molecular weight is 437 g/mol. The van der Waals surface area contributed by atoms with E-state index in [1.165, 1.54) is 25.6 Å². The summed E-state index contributed by atoms with van der Waals surface area (Å²) < 4.78 is 15.1. The molecular formula is C27H24BNO2S. The van der Waals surface area contributed by atoms with E-state index in [4.69, 9.17) is 14.3 Å². The van der Waals surface area contributed by atoms with Crippen LogP contribution in [-0.2, 0) is 9.31 Å². The molecule has 0 saturated carbocycles. The van der Waals surface area contributed by atoms with Gasteiger partial charge in [0.05, 0.1) is 27.1 Å². The molecule has 3 heterocycles. The highest BCUT2D eigenvalue weighted by Gasteiger charge is 2.51. The third kappa shape index (κ3) is 2.92. The number of benzene rings is 3. The van der Waals surface area contributed by atoms with Gasteiger partial charge in [0.2, 0.25) is 0 Å². The van der Waals surface area contributed by atoms with Crippen LogP contribution in [0.2, 0.25) is 0 Å². The van der Waals surface area contributed by atoms with Crippen LogP contribution in [0, 0.1) is 0 Å². The van der Waals surface area contributed by atoms with Crippen molar-refractivity contribution in [2.75, 3.05) is 0 Å². The fourth-order valence-electron chi connectivity index (χ4n) is 4.42. The van der Waals surface area contributed by atoms with E-state index in [9.17, 15) is 0 Å². The number of para-hydroxylation sites is 1. The maximum Gasteiger partial charge on any atom is 0.494 e. The number of fused-ring (bicyclic) bond motifs is 5. The largest absolute Gasteiger partial charge is 0.494 e. The van der Waals surface area contributed by atoms with Gasteiger partial charge in [-0.3, -0.25) is 0 Å². The third-order valence-corrected chi connectivity index (χ3v) is 8.08. The molecule has 2 aromatic heterocycles. The van der Waals surface area contributed by atoms with E-state index in [-0.39, 0.29) is 18.3 Å². The summed E-state index contributed by atoms with van der Waals surface area (Å²) in [6.07, 6.45) is 0. The molecule has 0 unspecified atom stereocenters. The molecule has 0 aliphatic carbocycles. The number of pyridine rings is 1. The van der Waals surface area contributed by atoms with Gasteiger partial charge in [-0.1, -0.05) is 60.7 Å². The Balaban J connectivity index is 1.62. The van der Waals surface area contributed by atoms with E-state index >= 15 is 0 Å². The van der Waals surface area contributed by atoms with Crippen molar-refractivity contribution < 1.29 is 9.31 Å². The van der Waals surface area contributed by atoms with Crippen molar-refractivity contribution in [1.82, 2.24) is 4.98 Å². The molecule has 3 nitrogen and oxygen atoms in total. The Morgan fingerprint density at radius 3 is 2.22 bits per heavy atom. The zero-order chi connectivity index (χ0) is 22.1. The molecule has 0 spiro atoms. The van der Waals surface area contributed by atoms with E-state index in [0.717, 1.165) is 22.2 Å². The minimum absolute atomic E-state index is 0.361. The number of nitrogens with zero attached hydrogens (tertiary/aromatic N) is 1. The highest BCUT2D eigenvalue weighted by atomic mass is 32.1. The molecule has 1 fully saturated rings. The van der Waals surface area contributed by atoms with E-state index < -0.39 is 0 Å². The van der Waals surface area contributed by atoms with Crippen LogP contribution in [0.3, 0.4) is 0 Å². The molecule has 3 aromatic carbocycles. The van der Waals surface area contributed by atoms with E-state index in [1.54, 1.807) is 11.3 Å². The summed E-state index contributed by atoms with van der Waals surface area (Å²) >= 11 is 1.80. The lowest BCUT2D eigenvalue weighted by atomic mass is 9.78. The normalized spacial score (nSPS) is 17.6. The van der Waals surface area contributed by atoms with Crippen LogP contribution in [0.4, 0.5) is 0 Å². The van der Waals surface area contributed by atoms with Gasteiger partial charge in [0.15, 0.2) is 0 Å². The summed E-state index contributed by atoms with van der Waals surface area (Å²) in [5.74, 6) is 0. The van der Waals surface area contributed by atoms with Crippen molar-refractivity contribution in [3.05, 3.63) is 72.8 Å². The van der Waals surface area contributed by atoms with Crippen molar-refractivity contribution in [3.63, 3.8) is 0 Å². The van der Waals surface area contributed by atoms with Crippen LogP contribution in [0.5, 0.6) is 0 Å². The maximum absolute atomic E-state index is 6.34. The lowest BCUT2D eigenvalue weighted by Gasteiger charge is -2.32. The van der Waals surface area contributed by atoms with Gasteiger partial charge in [-0.05, 0) is 45.3 Å². The van der Waals surface area contributed by atoms with Crippen molar-refractivity contribution in [2.24, 2.45) is 0 Å². The first-order valence-electron chi connectivity index (χ1n) is 11.0. The minimum Gasteiger partial charge on any atom is -0.399 e. The lowest BCUT2D eigenvalue weighted by Crippen LogP contribution is -2.41. The van der Waals surface area contributed by atoms with Gasteiger partial charge < -0.3 is 9.31 Å². The molecular weight excluding hydrogens is 413 g/mol. The zero-order valence-corrected chi connectivity index (χ0v) is 19.5. The van der Waals surface area contributed by atoms with Gasteiger partial charge >= 0.3 is 7.12 Å². The zero-order valence-electron chi connectivity index (χ0n) is 18.7. The molecule has 0 amide bonds. The molecule has 0 atom stereocenters. The summed E-state index contributed by atoms with van der Waals surface area (Å²) in [6, 6.07) is 25.5. The highest BCUT2D eigenvalue weighted by Crippen LogP contribution is 2.43. The molecule has 5 aromatic rings. The second-order valence-corrected chi connectivity index (χ2v) is 10.5. The van der Waals surface area contributed by atoms with Crippen molar-refractivity contribution in [3.8, 4) is 11.3 Å². The summed E-state index contributed by atoms with van der Waals surface area (Å²) in [5.41, 5.74) is 3.53. The van der Waals surface area contributed by atoms with E-state index in [1.807, 2.05) is 6.07 Å². The molecule has 158 valence electrons. The summed E-state index contributed by atoms with van der Waals surface area (Å²) in [6.45, 7) is 8.38. The maximum atomic E-state index is 6.34. The molecule has 5 heteroatoms. The van der Waals surface area contributed by atoms with Crippen molar-refractivity contribution in [1.29, 1.82) is 0 Å². The fraction of sp³-hybridized carbons (Fsp3) is 0.222. The van der Waals surface area contributed by atoms with Gasteiger partial charge in [-0.2, -0.15) is 0 Å². The first kappa shape index (κ1) is 19.9. The molecule has 1 aliphatic heterocycles. The van der Waals surface area contributed by atoms with Crippen LogP contribution in [0.25, 0.3) is 42.3 Å². The Kier molecular flexibility index (Phi) is 4.29. The fourth-order valence-corrected chi connectivity index (χ4v) is 5.63. The second-order valence-electron chi connectivity index (χ2n) is 9.49. The number of hydrogen-bond donors (Lipinski definition) is 0. The molecule has 0 bridgehead atoms. The monoisotopic (exact) mass is 437 g/mol. The van der Waals surface area contributed by atoms with Gasteiger partial charge in [0.1, 0.15) is 0 Å². The SMILES string of the molecule is CC1(C)OB(c2ccc3sc4c(-c5ccccc5)nc5ccccc5c4c3c2)OC1(C)C. The van der Waals surface area contributed by atoms with Crippen LogP contribution >= 0.6 is 11.3 Å². The topological polar surface area (TPSA) is 31.4 Å². The smallest absolute Gasteiger partial charge is 0.399 e. The Morgan fingerprint density at radius 1 is 0.781 bits per heavy atom. The summed E-state index contributed by atoms with van der Waals surface area (Å²) in [7, 11) is -0.374. The highest BCUT2D eigenvalue weighted by molar-refractivity contribution is 7.26. The second kappa shape index (κ2) is 6.88. The quantitative estimate of drug-likeness (QED) is 0.293. The predicted molar refractivity (Wildman–Crippen MR) is 136 cm³/mol. The average Bonchev–Trinajstić information content (AvgIpc) is 3.27. The number of aromatic nitrogens is 1. The van der Waals surface area contributed by atoms with E-state index in [2.05, 4.69) is 94.4 Å². The molecule has 6 rings (SSSR count). The van der Waals surface area contributed by atoms with Gasteiger partial charge in [0.25, 0.3) is 0 Å². The Bertz CT molecular complexity index is 1470. The number of hydrogen-bond acceptors (Lipinski definition) is 4. The van der Waals surface area contributed by atoms with E-state index in [0.29, 0.717) is 0 Å². The standard InChI is InChI=1S/C27H24BNO2S/c1-26(2)27(3,4)31-28(30-26)18-14-15-22-20(16-18)23-19-12-8-9-13-21(19)29-24(25(23)32-22)17-10-6-5-7-11-17/h5-16H,1-4H3. The van der Waals surface area contributed by atoms with Crippen molar-refractivity contribution in [2.45, 2.75) is 38.9 Å². The predicted octanol–water partition coefficient (Wildman–Crippen LogP) is 6.57. The molecule has 32 heavy (non-hydrogen) atoms. The number of thiophene rings is 1. The van der Waals surface area contributed by atoms with Gasteiger partial charge in [0, 0.05) is 26.4 Å². The lowest BCUT2D eigenvalue weighted by molar-refractivity contribution is 0.00578. The Morgan fingerprint density at radius 2 is 1.47 bits per heavy atom. The summed E-state index contributed by atoms with van der Waals surface area (Å²) in [5, 5.41) is 3.67. The Labute approximate surface area is 192 Å². The van der Waals surface area contributed by atoms with Crippen LogP contribution < -0.4 is 5.46 Å². The van der Waals surface area contributed by atoms with Gasteiger partial charge in [-0.25, -0.2) is 4.98 Å². The van der Waals surface area contributed by atoms with Crippen LogP contribution in [0.1, 0.15) is 27.7 Å². The van der Waals surface area contributed by atoms with Crippen molar-refractivity contribution >= 4 is 55.0 Å². The molecule has 0 N–H and O–H groups in total. The van der Waals surface area contributed by atoms with Gasteiger partial charge in [-0.15, -0.1) is 11.3 Å².